The van der Waals surface area contributed by atoms with E-state index in [4.69, 9.17) is 10.8 Å². The van der Waals surface area contributed by atoms with Crippen LogP contribution in [0.3, 0.4) is 0 Å². The molecule has 7 heteroatoms. The van der Waals surface area contributed by atoms with E-state index in [1.165, 1.54) is 0 Å². The summed E-state index contributed by atoms with van der Waals surface area (Å²) in [6, 6.07) is 4.01. The maximum absolute atomic E-state index is 11.1. The van der Waals surface area contributed by atoms with Crippen LogP contribution in [0.5, 0.6) is 0 Å². The molecule has 1 rings (SSSR count). The van der Waals surface area contributed by atoms with Crippen LogP contribution in [0.2, 0.25) is 0 Å². The smallest absolute Gasteiger partial charge is 0.317 e. The van der Waals surface area contributed by atoms with Crippen LogP contribution in [-0.4, -0.2) is 21.3 Å². The third-order valence-corrected chi connectivity index (χ3v) is 4.27. The molecule has 0 aliphatic heterocycles. The van der Waals surface area contributed by atoms with Crippen molar-refractivity contribution in [3.05, 3.63) is 16.7 Å². The Hall–Kier alpha value is -2.25. The summed E-state index contributed by atoms with van der Waals surface area (Å²) >= 11 is 0.990. The second-order valence-electron chi connectivity index (χ2n) is 4.70. The molecule has 0 fully saturated rings. The molecule has 110 valence electrons. The standard InChI is InChI=1S/C14H16N4O2S/c1-4-10(14(19)20)21-13-9(6-16)11(7(2)3)8(5-15)12(17)18-13/h7,10H,4H2,1-3H3,(H2,17,18)(H,19,20). The molecular weight excluding hydrogens is 288 g/mol. The minimum absolute atomic E-state index is 0.0305. The lowest BCUT2D eigenvalue weighted by molar-refractivity contribution is -0.136. The topological polar surface area (TPSA) is 124 Å². The Balaban J connectivity index is 3.52. The summed E-state index contributed by atoms with van der Waals surface area (Å²) < 4.78 is 0. The van der Waals surface area contributed by atoms with Crippen LogP contribution in [0.25, 0.3) is 0 Å². The molecule has 0 radical (unpaired) electrons. The van der Waals surface area contributed by atoms with E-state index in [2.05, 4.69) is 4.98 Å². The summed E-state index contributed by atoms with van der Waals surface area (Å²) in [5.74, 6) is -1.03. The van der Waals surface area contributed by atoms with E-state index in [1.807, 2.05) is 26.0 Å². The Morgan fingerprint density at radius 3 is 2.33 bits per heavy atom. The second-order valence-corrected chi connectivity index (χ2v) is 5.89. The van der Waals surface area contributed by atoms with Gasteiger partial charge in [0.15, 0.2) is 0 Å². The predicted octanol–water partition coefficient (Wildman–Crippen LogP) is 2.49. The number of pyridine rings is 1. The van der Waals surface area contributed by atoms with Crippen LogP contribution in [-0.2, 0) is 4.79 Å². The molecule has 1 atom stereocenters. The van der Waals surface area contributed by atoms with E-state index in [0.29, 0.717) is 12.0 Å². The number of aromatic nitrogens is 1. The summed E-state index contributed by atoms with van der Waals surface area (Å²) in [5.41, 5.74) is 6.73. The lowest BCUT2D eigenvalue weighted by atomic mass is 9.94. The van der Waals surface area contributed by atoms with Gasteiger partial charge in [-0.05, 0) is 17.9 Å². The zero-order valence-corrected chi connectivity index (χ0v) is 12.9. The molecule has 0 aromatic carbocycles. The molecule has 0 aliphatic carbocycles. The minimum Gasteiger partial charge on any atom is -0.480 e. The molecular formula is C14H16N4O2S. The molecule has 6 nitrogen and oxygen atoms in total. The van der Waals surface area contributed by atoms with Gasteiger partial charge in [-0.3, -0.25) is 4.79 Å². The number of carboxylic acids is 1. The van der Waals surface area contributed by atoms with Crippen molar-refractivity contribution in [2.24, 2.45) is 0 Å². The highest BCUT2D eigenvalue weighted by Gasteiger charge is 2.25. The van der Waals surface area contributed by atoms with Crippen molar-refractivity contribution in [1.82, 2.24) is 4.98 Å². The van der Waals surface area contributed by atoms with Gasteiger partial charge in [0.25, 0.3) is 0 Å². The zero-order chi connectivity index (χ0) is 16.2. The third kappa shape index (κ3) is 3.45. The zero-order valence-electron chi connectivity index (χ0n) is 12.0. The van der Waals surface area contributed by atoms with Crippen LogP contribution in [0.15, 0.2) is 5.03 Å². The quantitative estimate of drug-likeness (QED) is 0.800. The lowest BCUT2D eigenvalue weighted by Gasteiger charge is -2.16. The maximum Gasteiger partial charge on any atom is 0.317 e. The Bertz CT molecular complexity index is 644. The van der Waals surface area contributed by atoms with Gasteiger partial charge in [0.05, 0.1) is 11.1 Å². The van der Waals surface area contributed by atoms with Crippen molar-refractivity contribution in [1.29, 1.82) is 10.5 Å². The first-order valence-electron chi connectivity index (χ1n) is 6.40. The van der Waals surface area contributed by atoms with Crippen molar-refractivity contribution in [2.75, 3.05) is 5.73 Å². The number of rotatable bonds is 5. The highest BCUT2D eigenvalue weighted by molar-refractivity contribution is 8.00. The first-order chi connectivity index (χ1) is 9.87. The van der Waals surface area contributed by atoms with Crippen molar-refractivity contribution in [3.63, 3.8) is 0 Å². The van der Waals surface area contributed by atoms with Crippen molar-refractivity contribution in [3.8, 4) is 12.1 Å². The van der Waals surface area contributed by atoms with Gasteiger partial charge < -0.3 is 10.8 Å². The fraction of sp³-hybridized carbons (Fsp3) is 0.429. The number of hydrogen-bond acceptors (Lipinski definition) is 6. The van der Waals surface area contributed by atoms with Crippen molar-refractivity contribution < 1.29 is 9.90 Å². The normalized spacial score (nSPS) is 11.7. The molecule has 0 amide bonds. The molecule has 1 aromatic heterocycles. The van der Waals surface area contributed by atoms with E-state index in [1.54, 1.807) is 6.92 Å². The molecule has 21 heavy (non-hydrogen) atoms. The first-order valence-corrected chi connectivity index (χ1v) is 7.28. The van der Waals surface area contributed by atoms with Crippen LogP contribution < -0.4 is 5.73 Å². The molecule has 0 saturated carbocycles. The van der Waals surface area contributed by atoms with E-state index >= 15 is 0 Å². The van der Waals surface area contributed by atoms with Crippen molar-refractivity contribution >= 4 is 23.5 Å². The largest absolute Gasteiger partial charge is 0.480 e. The molecule has 0 bridgehead atoms. The summed E-state index contributed by atoms with van der Waals surface area (Å²) in [6.07, 6.45) is 0.392. The third-order valence-electron chi connectivity index (χ3n) is 2.93. The fourth-order valence-corrected chi connectivity index (χ4v) is 2.89. The predicted molar refractivity (Wildman–Crippen MR) is 79.7 cm³/mol. The number of carbonyl (C=O) groups is 1. The second kappa shape index (κ2) is 6.96. The van der Waals surface area contributed by atoms with E-state index in [-0.39, 0.29) is 27.9 Å². The maximum atomic E-state index is 11.1. The monoisotopic (exact) mass is 304 g/mol. The van der Waals surface area contributed by atoms with E-state index < -0.39 is 11.2 Å². The van der Waals surface area contributed by atoms with E-state index in [0.717, 1.165) is 11.8 Å². The Kier molecular flexibility index (Phi) is 5.57. The number of hydrogen-bond donors (Lipinski definition) is 2. The number of carboxylic acid groups (broad SMARTS) is 1. The van der Waals surface area contributed by atoms with Gasteiger partial charge in [-0.15, -0.1) is 0 Å². The first kappa shape index (κ1) is 16.8. The number of nitrogen functional groups attached to an aromatic ring is 1. The van der Waals surface area contributed by atoms with Gasteiger partial charge in [0.1, 0.15) is 28.2 Å². The highest BCUT2D eigenvalue weighted by atomic mass is 32.2. The number of aliphatic carboxylic acids is 1. The van der Waals surface area contributed by atoms with Crippen LogP contribution in [0.4, 0.5) is 5.82 Å². The average Bonchev–Trinajstić information content (AvgIpc) is 2.43. The van der Waals surface area contributed by atoms with Gasteiger partial charge >= 0.3 is 5.97 Å². The molecule has 3 N–H and O–H groups in total. The van der Waals surface area contributed by atoms with E-state index in [9.17, 15) is 15.3 Å². The number of nitrogens with two attached hydrogens (primary N) is 1. The molecule has 1 unspecified atom stereocenters. The number of nitrogens with zero attached hydrogens (tertiary/aromatic N) is 3. The summed E-state index contributed by atoms with van der Waals surface area (Å²) in [4.78, 5) is 15.2. The molecule has 1 aromatic rings. The average molecular weight is 304 g/mol. The fourth-order valence-electron chi connectivity index (χ4n) is 1.93. The Morgan fingerprint density at radius 2 is 1.95 bits per heavy atom. The van der Waals surface area contributed by atoms with Crippen LogP contribution in [0.1, 0.15) is 49.8 Å². The summed E-state index contributed by atoms with van der Waals surface area (Å²) in [6.45, 7) is 5.44. The summed E-state index contributed by atoms with van der Waals surface area (Å²) in [5, 5.41) is 27.3. The van der Waals surface area contributed by atoms with Gasteiger partial charge in [-0.1, -0.05) is 32.5 Å². The molecule has 1 heterocycles. The number of anilines is 1. The van der Waals surface area contributed by atoms with Gasteiger partial charge in [-0.25, -0.2) is 4.98 Å². The number of thioether (sulfide) groups is 1. The Morgan fingerprint density at radius 1 is 1.38 bits per heavy atom. The molecule has 0 saturated heterocycles. The van der Waals surface area contributed by atoms with Crippen LogP contribution >= 0.6 is 11.8 Å². The number of nitriles is 2. The van der Waals surface area contributed by atoms with Crippen LogP contribution in [0, 0.1) is 22.7 Å². The molecule has 0 aliphatic rings. The SMILES string of the molecule is CCC(Sc1nc(N)c(C#N)c(C(C)C)c1C#N)C(=O)O. The van der Waals surface area contributed by atoms with Gasteiger partial charge in [0.2, 0.25) is 0 Å². The lowest BCUT2D eigenvalue weighted by Crippen LogP contribution is -2.16. The summed E-state index contributed by atoms with van der Waals surface area (Å²) in [7, 11) is 0. The highest BCUT2D eigenvalue weighted by Crippen LogP contribution is 2.35. The van der Waals surface area contributed by atoms with Crippen molar-refractivity contribution in [2.45, 2.75) is 43.4 Å². The molecule has 0 spiro atoms. The minimum atomic E-state index is -0.970. The van der Waals surface area contributed by atoms with Gasteiger partial charge in [-0.2, -0.15) is 10.5 Å². The Labute approximate surface area is 127 Å². The van der Waals surface area contributed by atoms with Gasteiger partial charge in [0, 0.05) is 0 Å².